The summed E-state index contributed by atoms with van der Waals surface area (Å²) in [5, 5.41) is 14.7. The lowest BCUT2D eigenvalue weighted by Crippen LogP contribution is -2.18. The van der Waals surface area contributed by atoms with Crippen molar-refractivity contribution in [1.29, 1.82) is 0 Å². The van der Waals surface area contributed by atoms with Crippen molar-refractivity contribution in [2.45, 2.75) is 11.8 Å². The molecular weight excluding hydrogens is 406 g/mol. The van der Waals surface area contributed by atoms with E-state index in [2.05, 4.69) is 9.93 Å². The van der Waals surface area contributed by atoms with Gasteiger partial charge in [-0.25, -0.2) is 0 Å². The molecule has 0 spiro atoms. The smallest absolute Gasteiger partial charge is 0.288 e. The Morgan fingerprint density at radius 3 is 2.54 bits per heavy atom. The first kappa shape index (κ1) is 19.6. The SMILES string of the molecule is Cc1ccc(S(=O)(=O)NN=Cc2ccc(-c3ccc(Cl)c([N+](=O)[O-])c3)o2)cc1. The lowest BCUT2D eigenvalue weighted by Gasteiger charge is -2.03. The predicted octanol–water partition coefficient (Wildman–Crippen LogP) is 4.13. The van der Waals surface area contributed by atoms with E-state index in [0.29, 0.717) is 11.3 Å². The van der Waals surface area contributed by atoms with Crippen LogP contribution in [-0.2, 0) is 10.0 Å². The molecule has 1 heterocycles. The van der Waals surface area contributed by atoms with E-state index in [0.717, 1.165) is 5.56 Å². The summed E-state index contributed by atoms with van der Waals surface area (Å²) in [5.41, 5.74) is 1.15. The van der Waals surface area contributed by atoms with E-state index in [1.807, 2.05) is 6.92 Å². The van der Waals surface area contributed by atoms with Gasteiger partial charge in [0.25, 0.3) is 15.7 Å². The molecule has 10 heteroatoms. The van der Waals surface area contributed by atoms with Gasteiger partial charge in [0, 0.05) is 11.6 Å². The number of nitro groups is 1. The van der Waals surface area contributed by atoms with Crippen LogP contribution in [0.1, 0.15) is 11.3 Å². The zero-order valence-electron chi connectivity index (χ0n) is 14.5. The molecule has 0 atom stereocenters. The molecule has 28 heavy (non-hydrogen) atoms. The Labute approximate surface area is 165 Å². The van der Waals surface area contributed by atoms with Crippen molar-refractivity contribution in [2.24, 2.45) is 5.10 Å². The van der Waals surface area contributed by atoms with E-state index in [1.54, 1.807) is 30.3 Å². The third-order valence-corrected chi connectivity index (χ3v) is 5.31. The van der Waals surface area contributed by atoms with E-state index in [1.165, 1.54) is 30.5 Å². The molecule has 144 valence electrons. The van der Waals surface area contributed by atoms with Crippen molar-refractivity contribution < 1.29 is 17.8 Å². The summed E-state index contributed by atoms with van der Waals surface area (Å²) in [4.78, 5) is 12.6. The molecule has 2 aromatic carbocycles. The number of hydrogen-bond acceptors (Lipinski definition) is 6. The Bertz CT molecular complexity index is 1150. The summed E-state index contributed by atoms with van der Waals surface area (Å²) < 4.78 is 29.9. The summed E-state index contributed by atoms with van der Waals surface area (Å²) >= 11 is 5.80. The van der Waals surface area contributed by atoms with Crippen LogP contribution in [-0.4, -0.2) is 19.6 Å². The largest absolute Gasteiger partial charge is 0.455 e. The van der Waals surface area contributed by atoms with E-state index >= 15 is 0 Å². The first-order chi connectivity index (χ1) is 13.3. The number of furan rings is 1. The molecule has 1 N–H and O–H groups in total. The van der Waals surface area contributed by atoms with Crippen LogP contribution in [0, 0.1) is 17.0 Å². The third kappa shape index (κ3) is 4.38. The highest BCUT2D eigenvalue weighted by molar-refractivity contribution is 7.89. The molecule has 0 bridgehead atoms. The second kappa shape index (κ2) is 7.83. The van der Waals surface area contributed by atoms with E-state index < -0.39 is 14.9 Å². The molecule has 0 saturated heterocycles. The zero-order chi connectivity index (χ0) is 20.3. The average molecular weight is 420 g/mol. The number of aryl methyl sites for hydroxylation is 1. The fraction of sp³-hybridized carbons (Fsp3) is 0.0556. The van der Waals surface area contributed by atoms with Gasteiger partial charge in [-0.1, -0.05) is 29.3 Å². The fourth-order valence-corrected chi connectivity index (χ4v) is 3.29. The second-order valence-electron chi connectivity index (χ2n) is 5.79. The predicted molar refractivity (Wildman–Crippen MR) is 105 cm³/mol. The van der Waals surface area contributed by atoms with Crippen molar-refractivity contribution in [2.75, 3.05) is 0 Å². The maximum absolute atomic E-state index is 12.2. The van der Waals surface area contributed by atoms with Gasteiger partial charge in [-0.2, -0.15) is 18.4 Å². The number of hydrazone groups is 1. The van der Waals surface area contributed by atoms with Crippen molar-refractivity contribution in [3.8, 4) is 11.3 Å². The summed E-state index contributed by atoms with van der Waals surface area (Å²) in [6, 6.07) is 13.7. The maximum Gasteiger partial charge on any atom is 0.288 e. The summed E-state index contributed by atoms with van der Waals surface area (Å²) in [6.45, 7) is 1.85. The molecule has 3 aromatic rings. The molecule has 0 amide bonds. The minimum Gasteiger partial charge on any atom is -0.455 e. The van der Waals surface area contributed by atoms with Crippen LogP contribution in [0.3, 0.4) is 0 Å². The number of rotatable bonds is 6. The number of nitrogens with one attached hydrogen (secondary N) is 1. The Balaban J connectivity index is 1.75. The highest BCUT2D eigenvalue weighted by Gasteiger charge is 2.15. The first-order valence-corrected chi connectivity index (χ1v) is 9.78. The topological polar surface area (TPSA) is 115 Å². The molecule has 0 fully saturated rings. The Kier molecular flexibility index (Phi) is 5.48. The normalized spacial score (nSPS) is 11.6. The minimum atomic E-state index is -3.79. The van der Waals surface area contributed by atoms with Gasteiger partial charge in [-0.05, 0) is 43.3 Å². The van der Waals surface area contributed by atoms with Crippen molar-refractivity contribution in [3.05, 3.63) is 81.1 Å². The summed E-state index contributed by atoms with van der Waals surface area (Å²) in [5.74, 6) is 0.613. The highest BCUT2D eigenvalue weighted by Crippen LogP contribution is 2.31. The maximum atomic E-state index is 12.2. The zero-order valence-corrected chi connectivity index (χ0v) is 16.1. The Morgan fingerprint density at radius 2 is 1.86 bits per heavy atom. The van der Waals surface area contributed by atoms with E-state index in [4.69, 9.17) is 16.0 Å². The monoisotopic (exact) mass is 419 g/mol. The second-order valence-corrected chi connectivity index (χ2v) is 7.86. The molecule has 0 aliphatic rings. The average Bonchev–Trinajstić information content (AvgIpc) is 3.11. The summed E-state index contributed by atoms with van der Waals surface area (Å²) in [6.07, 6.45) is 1.19. The molecule has 0 saturated carbocycles. The Morgan fingerprint density at radius 1 is 1.14 bits per heavy atom. The standard InChI is InChI=1S/C18H14ClN3O5S/c1-12-2-6-15(7-3-12)28(25,26)21-20-11-14-5-9-18(27-14)13-4-8-16(19)17(10-13)22(23)24/h2-11,21H,1H3. The third-order valence-electron chi connectivity index (χ3n) is 3.75. The molecule has 0 radical (unpaired) electrons. The van der Waals surface area contributed by atoms with Crippen LogP contribution < -0.4 is 4.83 Å². The molecule has 3 rings (SSSR count). The van der Waals surface area contributed by atoms with Crippen LogP contribution in [0.15, 0.2) is 69.0 Å². The van der Waals surface area contributed by atoms with Crippen LogP contribution in [0.5, 0.6) is 0 Å². The van der Waals surface area contributed by atoms with Crippen LogP contribution in [0.25, 0.3) is 11.3 Å². The Hall–Kier alpha value is -3.17. The molecular formula is C18H14ClN3O5S. The molecule has 0 aliphatic carbocycles. The molecule has 8 nitrogen and oxygen atoms in total. The van der Waals surface area contributed by atoms with Crippen LogP contribution >= 0.6 is 11.6 Å². The van der Waals surface area contributed by atoms with Gasteiger partial charge in [-0.3, -0.25) is 10.1 Å². The highest BCUT2D eigenvalue weighted by atomic mass is 35.5. The number of sulfonamides is 1. The van der Waals surface area contributed by atoms with Gasteiger partial charge in [-0.15, -0.1) is 0 Å². The van der Waals surface area contributed by atoms with Gasteiger partial charge in [0.05, 0.1) is 16.0 Å². The lowest BCUT2D eigenvalue weighted by molar-refractivity contribution is -0.384. The molecule has 0 unspecified atom stereocenters. The number of halogens is 1. The van der Waals surface area contributed by atoms with E-state index in [-0.39, 0.29) is 21.4 Å². The van der Waals surface area contributed by atoms with Crippen LogP contribution in [0.2, 0.25) is 5.02 Å². The fourth-order valence-electron chi connectivity index (χ4n) is 2.31. The quantitative estimate of drug-likeness (QED) is 0.366. The van der Waals surface area contributed by atoms with Crippen molar-refractivity contribution in [3.63, 3.8) is 0 Å². The van der Waals surface area contributed by atoms with E-state index in [9.17, 15) is 18.5 Å². The molecule has 1 aromatic heterocycles. The lowest BCUT2D eigenvalue weighted by atomic mass is 10.1. The number of hydrogen-bond donors (Lipinski definition) is 1. The molecule has 0 aliphatic heterocycles. The van der Waals surface area contributed by atoms with Crippen molar-refractivity contribution >= 4 is 33.5 Å². The first-order valence-electron chi connectivity index (χ1n) is 7.92. The van der Waals surface area contributed by atoms with Gasteiger partial charge in [0.1, 0.15) is 16.5 Å². The summed E-state index contributed by atoms with van der Waals surface area (Å²) in [7, 11) is -3.79. The van der Waals surface area contributed by atoms with Crippen LogP contribution in [0.4, 0.5) is 5.69 Å². The van der Waals surface area contributed by atoms with Crippen molar-refractivity contribution in [1.82, 2.24) is 4.83 Å². The number of benzene rings is 2. The minimum absolute atomic E-state index is 0.0209. The van der Waals surface area contributed by atoms with Gasteiger partial charge in [0.2, 0.25) is 0 Å². The van der Waals surface area contributed by atoms with Gasteiger partial charge < -0.3 is 4.42 Å². The van der Waals surface area contributed by atoms with Gasteiger partial charge in [0.15, 0.2) is 0 Å². The number of nitro benzene ring substituents is 1. The van der Waals surface area contributed by atoms with Gasteiger partial charge >= 0.3 is 0 Å². The number of nitrogens with zero attached hydrogens (tertiary/aromatic N) is 2.